The summed E-state index contributed by atoms with van der Waals surface area (Å²) in [5, 5.41) is 23.0. The molecule has 0 radical (unpaired) electrons. The van der Waals surface area contributed by atoms with E-state index in [2.05, 4.69) is 10.7 Å². The number of carbonyl (C=O) groups excluding carboxylic acids is 1. The minimum absolute atomic E-state index is 0. The fourth-order valence-corrected chi connectivity index (χ4v) is 4.90. The van der Waals surface area contributed by atoms with E-state index in [0.717, 1.165) is 0 Å². The largest absolute Gasteiger partial charge is 0.506 e. The standard InChI is InChI=1S/C29H31FN4O8S.H2S/c1-43-34(11-12-39-13-14-40-15-16-41-28(29(36)32-37)19-5-3-2-4-6-19)23-18-25-22(17-24(23)35)26(31-33-38)27(42-25)20-7-9-21(30)10-8-20;/h2-10,17-18,28,35,37H,11-16H2,1H3,(H,31,38)(H,32,36);1H2. The molecule has 3 aromatic carbocycles. The minimum Gasteiger partial charge on any atom is -0.506 e. The topological polar surface area (TPSA) is 155 Å². The molecule has 15 heteroatoms. The Bertz CT molecular complexity index is 1490. The number of fused-ring (bicyclic) bond motifs is 1. The highest BCUT2D eigenvalue weighted by atomic mass is 32.2. The fourth-order valence-electron chi connectivity index (χ4n) is 4.30. The monoisotopic (exact) mass is 648 g/mol. The summed E-state index contributed by atoms with van der Waals surface area (Å²) in [6.45, 7) is 1.69. The fraction of sp³-hybridized carbons (Fsp3) is 0.276. The Hall–Kier alpha value is -3.86. The number of nitroso groups, excluding NO2 is 1. The number of hydroxylamine groups is 1. The summed E-state index contributed by atoms with van der Waals surface area (Å²) in [6.07, 6.45) is 0.890. The lowest BCUT2D eigenvalue weighted by atomic mass is 10.1. The Morgan fingerprint density at radius 2 is 1.73 bits per heavy atom. The number of furan rings is 1. The highest BCUT2D eigenvalue weighted by Crippen LogP contribution is 2.43. The first-order valence-electron chi connectivity index (χ1n) is 13.2. The Kier molecular flexibility index (Phi) is 13.7. The number of carbonyl (C=O) groups is 1. The maximum atomic E-state index is 13.4. The molecule has 0 fully saturated rings. The zero-order valence-electron chi connectivity index (χ0n) is 23.7. The van der Waals surface area contributed by atoms with Crippen LogP contribution in [0.5, 0.6) is 5.75 Å². The van der Waals surface area contributed by atoms with E-state index in [0.29, 0.717) is 54.1 Å². The molecule has 236 valence electrons. The van der Waals surface area contributed by atoms with E-state index in [1.54, 1.807) is 35.8 Å². The predicted molar refractivity (Wildman–Crippen MR) is 171 cm³/mol. The Balaban J connectivity index is 0.00000529. The third-order valence-corrected chi connectivity index (χ3v) is 7.13. The summed E-state index contributed by atoms with van der Waals surface area (Å²) in [5.41, 5.74) is 6.24. The Labute approximate surface area is 263 Å². The van der Waals surface area contributed by atoms with Gasteiger partial charge in [-0.25, -0.2) is 15.3 Å². The quantitative estimate of drug-likeness (QED) is 0.0375. The van der Waals surface area contributed by atoms with Crippen LogP contribution in [0.25, 0.3) is 22.3 Å². The molecule has 12 nitrogen and oxygen atoms in total. The third-order valence-electron chi connectivity index (χ3n) is 6.31. The van der Waals surface area contributed by atoms with E-state index in [-0.39, 0.29) is 43.9 Å². The number of ether oxygens (including phenoxy) is 3. The molecule has 0 spiro atoms. The average Bonchev–Trinajstić information content (AvgIpc) is 3.37. The number of nitrogens with zero attached hydrogens (tertiary/aromatic N) is 2. The molecule has 44 heavy (non-hydrogen) atoms. The van der Waals surface area contributed by atoms with Gasteiger partial charge in [-0.1, -0.05) is 42.3 Å². The van der Waals surface area contributed by atoms with E-state index in [4.69, 9.17) is 23.8 Å². The molecule has 0 aliphatic heterocycles. The smallest absolute Gasteiger partial charge is 0.277 e. The molecule has 0 saturated heterocycles. The van der Waals surface area contributed by atoms with Crippen LogP contribution in [0.3, 0.4) is 0 Å². The number of phenolic OH excluding ortho intramolecular Hbond substituents is 1. The number of rotatable bonds is 17. The lowest BCUT2D eigenvalue weighted by molar-refractivity contribution is -0.143. The molecule has 1 atom stereocenters. The number of anilines is 2. The highest BCUT2D eigenvalue weighted by Gasteiger charge is 2.22. The minimum atomic E-state index is -0.959. The average molecular weight is 649 g/mol. The first-order chi connectivity index (χ1) is 21.0. The van der Waals surface area contributed by atoms with E-state index >= 15 is 0 Å². The molecular weight excluding hydrogens is 615 g/mol. The van der Waals surface area contributed by atoms with Crippen LogP contribution >= 0.6 is 25.4 Å². The van der Waals surface area contributed by atoms with Crippen molar-refractivity contribution < 1.29 is 38.1 Å². The second-order valence-corrected chi connectivity index (χ2v) is 9.81. The summed E-state index contributed by atoms with van der Waals surface area (Å²) in [6, 6.07) is 17.5. The number of phenols is 1. The van der Waals surface area contributed by atoms with Crippen molar-refractivity contribution in [2.75, 3.05) is 55.6 Å². The lowest BCUT2D eigenvalue weighted by Crippen LogP contribution is -2.29. The first kappa shape index (κ1) is 34.6. The normalized spacial score (nSPS) is 11.5. The van der Waals surface area contributed by atoms with Crippen molar-refractivity contribution in [1.29, 1.82) is 0 Å². The molecule has 4 N–H and O–H groups in total. The van der Waals surface area contributed by atoms with Crippen molar-refractivity contribution in [3.05, 3.63) is 83.0 Å². The maximum Gasteiger partial charge on any atom is 0.277 e. The molecule has 0 saturated carbocycles. The van der Waals surface area contributed by atoms with Crippen molar-refractivity contribution in [3.8, 4) is 17.1 Å². The zero-order valence-corrected chi connectivity index (χ0v) is 25.5. The predicted octanol–water partition coefficient (Wildman–Crippen LogP) is 5.53. The van der Waals surface area contributed by atoms with Crippen molar-refractivity contribution in [2.24, 2.45) is 5.29 Å². The molecule has 1 unspecified atom stereocenters. The molecule has 4 rings (SSSR count). The van der Waals surface area contributed by atoms with Crippen LogP contribution in [-0.4, -0.2) is 62.1 Å². The number of amides is 1. The number of nitrogens with one attached hydrogen (secondary N) is 2. The molecule has 0 aliphatic rings. The number of benzene rings is 3. The van der Waals surface area contributed by atoms with Crippen molar-refractivity contribution in [2.45, 2.75) is 6.10 Å². The highest BCUT2D eigenvalue weighted by molar-refractivity contribution is 8.00. The molecular formula is C29H33FN4O8S2. The molecule has 1 heterocycles. The Morgan fingerprint density at radius 1 is 1.05 bits per heavy atom. The summed E-state index contributed by atoms with van der Waals surface area (Å²) >= 11 is 1.37. The Morgan fingerprint density at radius 3 is 2.39 bits per heavy atom. The van der Waals surface area contributed by atoms with Crippen LogP contribution < -0.4 is 15.2 Å². The number of aromatic hydroxyl groups is 1. The van der Waals surface area contributed by atoms with Crippen LogP contribution in [0, 0.1) is 10.7 Å². The number of hydrogen-bond donors (Lipinski definition) is 4. The van der Waals surface area contributed by atoms with Gasteiger partial charge in [0.2, 0.25) is 0 Å². The van der Waals surface area contributed by atoms with Crippen molar-refractivity contribution in [3.63, 3.8) is 0 Å². The van der Waals surface area contributed by atoms with Gasteiger partial charge in [0.1, 0.15) is 22.8 Å². The third kappa shape index (κ3) is 8.84. The summed E-state index contributed by atoms with van der Waals surface area (Å²) < 4.78 is 38.0. The molecule has 4 aromatic rings. The van der Waals surface area contributed by atoms with Gasteiger partial charge in [0, 0.05) is 17.9 Å². The van der Waals surface area contributed by atoms with Gasteiger partial charge in [-0.15, -0.1) is 4.91 Å². The number of hydrogen-bond acceptors (Lipinski definition) is 11. The molecule has 0 aliphatic carbocycles. The molecule has 1 aromatic heterocycles. The lowest BCUT2D eigenvalue weighted by Gasteiger charge is -2.22. The summed E-state index contributed by atoms with van der Waals surface area (Å²) in [7, 11) is 0. The van der Waals surface area contributed by atoms with E-state index < -0.39 is 17.8 Å². The van der Waals surface area contributed by atoms with Gasteiger partial charge in [-0.05, 0) is 35.9 Å². The molecule has 0 bridgehead atoms. The van der Waals surface area contributed by atoms with Gasteiger partial charge < -0.3 is 28.0 Å². The van der Waals surface area contributed by atoms with Crippen LogP contribution in [-0.2, 0) is 19.0 Å². The van der Waals surface area contributed by atoms with Gasteiger partial charge in [-0.2, -0.15) is 13.5 Å². The second-order valence-electron chi connectivity index (χ2n) is 9.00. The van der Waals surface area contributed by atoms with E-state index in [9.17, 15) is 19.2 Å². The second kappa shape index (κ2) is 17.4. The van der Waals surface area contributed by atoms with Crippen LogP contribution in [0.2, 0.25) is 0 Å². The van der Waals surface area contributed by atoms with Gasteiger partial charge in [0.25, 0.3) is 5.91 Å². The van der Waals surface area contributed by atoms with Gasteiger partial charge in [-0.3, -0.25) is 10.0 Å². The van der Waals surface area contributed by atoms with Gasteiger partial charge in [0.15, 0.2) is 11.9 Å². The van der Waals surface area contributed by atoms with E-state index in [1.165, 1.54) is 42.3 Å². The van der Waals surface area contributed by atoms with E-state index in [1.807, 2.05) is 16.6 Å². The number of halogens is 1. The van der Waals surface area contributed by atoms with Crippen molar-refractivity contribution in [1.82, 2.24) is 5.48 Å². The summed E-state index contributed by atoms with van der Waals surface area (Å²) in [4.78, 5) is 23.0. The van der Waals surface area contributed by atoms with Gasteiger partial charge in [0.05, 0.1) is 55.9 Å². The van der Waals surface area contributed by atoms with Crippen LogP contribution in [0.4, 0.5) is 15.8 Å². The molecule has 1 amide bonds. The summed E-state index contributed by atoms with van der Waals surface area (Å²) in [5.74, 6) is -0.853. The zero-order chi connectivity index (χ0) is 30.6. The van der Waals surface area contributed by atoms with Gasteiger partial charge >= 0.3 is 0 Å². The van der Waals surface area contributed by atoms with Crippen molar-refractivity contribution >= 4 is 53.7 Å². The SMILES string of the molecule is CSN(CCOCCOCCOC(C(=O)NO)c1ccccc1)c1cc2oc(-c3ccc(F)cc3)c(NN=O)c2cc1O.S. The van der Waals surface area contributed by atoms with Crippen LogP contribution in [0.15, 0.2) is 76.4 Å². The maximum absolute atomic E-state index is 13.4. The van der Waals surface area contributed by atoms with Crippen LogP contribution in [0.1, 0.15) is 11.7 Å². The first-order valence-corrected chi connectivity index (χ1v) is 14.4.